The maximum absolute atomic E-state index is 12.2. The van der Waals surface area contributed by atoms with Gasteiger partial charge in [-0.15, -0.1) is 0 Å². The van der Waals surface area contributed by atoms with E-state index in [1.54, 1.807) is 6.20 Å². The van der Waals surface area contributed by atoms with E-state index >= 15 is 0 Å². The van der Waals surface area contributed by atoms with E-state index in [0.29, 0.717) is 6.54 Å². The number of benzene rings is 2. The van der Waals surface area contributed by atoms with Crippen molar-refractivity contribution in [2.75, 3.05) is 6.54 Å². The summed E-state index contributed by atoms with van der Waals surface area (Å²) in [6.07, 6.45) is 2.64. The van der Waals surface area contributed by atoms with Crippen LogP contribution in [0.2, 0.25) is 0 Å². The lowest BCUT2D eigenvalue weighted by Gasteiger charge is -2.10. The Morgan fingerprint density at radius 3 is 2.52 bits per heavy atom. The number of aromatic nitrogens is 2. The van der Waals surface area contributed by atoms with Crippen molar-refractivity contribution in [2.45, 2.75) is 23.8 Å². The van der Waals surface area contributed by atoms with Gasteiger partial charge in [-0.05, 0) is 24.5 Å². The average Bonchev–Trinajstić information content (AvgIpc) is 3.12. The lowest BCUT2D eigenvalue weighted by Crippen LogP contribution is -2.32. The number of aromatic amines is 1. The molecule has 25 heavy (non-hydrogen) atoms. The van der Waals surface area contributed by atoms with Crippen molar-refractivity contribution in [2.24, 2.45) is 0 Å². The molecule has 1 aromatic heterocycles. The minimum Gasteiger partial charge on any atom is -0.355 e. The van der Waals surface area contributed by atoms with Crippen molar-refractivity contribution in [3.63, 3.8) is 0 Å². The van der Waals surface area contributed by atoms with Gasteiger partial charge in [0.15, 0.2) is 5.16 Å². The molecule has 0 fully saturated rings. The molecule has 0 aliphatic heterocycles. The first kappa shape index (κ1) is 17.3. The highest BCUT2D eigenvalue weighted by Crippen LogP contribution is 2.24. The molecule has 0 aliphatic rings. The van der Waals surface area contributed by atoms with Crippen molar-refractivity contribution >= 4 is 17.7 Å². The summed E-state index contributed by atoms with van der Waals surface area (Å²) in [6.45, 7) is 2.54. The standard InChI is InChI=1S/C20H21N3OS/c1-15(19(24)21-13-12-16-8-4-2-5-9-16)25-20-22-14-18(23-20)17-10-6-3-7-11-17/h2-11,14-15H,12-13H2,1H3,(H,21,24)(H,22,23). The molecule has 0 spiro atoms. The van der Waals surface area contributed by atoms with E-state index in [0.717, 1.165) is 22.8 Å². The van der Waals surface area contributed by atoms with Gasteiger partial charge in [0.1, 0.15) is 0 Å². The highest BCUT2D eigenvalue weighted by atomic mass is 32.2. The number of nitrogens with zero attached hydrogens (tertiary/aromatic N) is 1. The fourth-order valence-corrected chi connectivity index (χ4v) is 3.27. The Hall–Kier alpha value is -2.53. The number of thioether (sulfide) groups is 1. The molecular formula is C20H21N3OS. The van der Waals surface area contributed by atoms with Crippen LogP contribution in [0.1, 0.15) is 12.5 Å². The molecule has 0 saturated carbocycles. The smallest absolute Gasteiger partial charge is 0.233 e. The molecule has 2 aromatic carbocycles. The second kappa shape index (κ2) is 8.53. The van der Waals surface area contributed by atoms with Gasteiger partial charge in [-0.2, -0.15) is 0 Å². The van der Waals surface area contributed by atoms with E-state index in [-0.39, 0.29) is 11.2 Å². The minimum absolute atomic E-state index is 0.0265. The predicted molar refractivity (Wildman–Crippen MR) is 102 cm³/mol. The number of rotatable bonds is 7. The summed E-state index contributed by atoms with van der Waals surface area (Å²) in [5, 5.41) is 3.54. The van der Waals surface area contributed by atoms with Crippen LogP contribution in [-0.4, -0.2) is 27.7 Å². The number of hydrogen-bond donors (Lipinski definition) is 2. The van der Waals surface area contributed by atoms with Gasteiger partial charge in [-0.25, -0.2) is 4.98 Å². The van der Waals surface area contributed by atoms with Crippen LogP contribution in [0.5, 0.6) is 0 Å². The van der Waals surface area contributed by atoms with Crippen LogP contribution in [0.4, 0.5) is 0 Å². The average molecular weight is 351 g/mol. The van der Waals surface area contributed by atoms with Crippen LogP contribution in [0.3, 0.4) is 0 Å². The van der Waals surface area contributed by atoms with Crippen molar-refractivity contribution in [1.82, 2.24) is 15.3 Å². The van der Waals surface area contributed by atoms with Crippen LogP contribution < -0.4 is 5.32 Å². The summed E-state index contributed by atoms with van der Waals surface area (Å²) in [7, 11) is 0. The third-order valence-corrected chi connectivity index (χ3v) is 4.85. The van der Waals surface area contributed by atoms with Gasteiger partial charge in [0.25, 0.3) is 0 Å². The van der Waals surface area contributed by atoms with E-state index in [2.05, 4.69) is 27.4 Å². The molecule has 0 radical (unpaired) electrons. The number of carbonyl (C=O) groups excluding carboxylic acids is 1. The zero-order valence-electron chi connectivity index (χ0n) is 14.1. The second-order valence-electron chi connectivity index (χ2n) is 5.75. The molecule has 0 saturated heterocycles. The molecule has 1 heterocycles. The zero-order chi connectivity index (χ0) is 17.5. The summed E-state index contributed by atoms with van der Waals surface area (Å²) >= 11 is 1.43. The molecule has 0 bridgehead atoms. The molecule has 5 heteroatoms. The maximum atomic E-state index is 12.2. The summed E-state index contributed by atoms with van der Waals surface area (Å²) in [5.74, 6) is 0.0265. The summed E-state index contributed by atoms with van der Waals surface area (Å²) in [6, 6.07) is 20.2. The Morgan fingerprint density at radius 1 is 1.12 bits per heavy atom. The van der Waals surface area contributed by atoms with Crippen molar-refractivity contribution in [3.05, 3.63) is 72.4 Å². The van der Waals surface area contributed by atoms with Crippen molar-refractivity contribution in [3.8, 4) is 11.3 Å². The molecule has 3 aromatic rings. The van der Waals surface area contributed by atoms with Crippen LogP contribution in [-0.2, 0) is 11.2 Å². The Kier molecular flexibility index (Phi) is 5.90. The molecule has 3 rings (SSSR count). The third-order valence-electron chi connectivity index (χ3n) is 3.85. The SMILES string of the molecule is CC(Sc1ncc(-c2ccccc2)[nH]1)C(=O)NCCc1ccccc1. The van der Waals surface area contributed by atoms with E-state index in [9.17, 15) is 4.79 Å². The Balaban J connectivity index is 1.49. The van der Waals surface area contributed by atoms with Crippen LogP contribution in [0.25, 0.3) is 11.3 Å². The molecule has 1 amide bonds. The van der Waals surface area contributed by atoms with Crippen LogP contribution in [0.15, 0.2) is 72.0 Å². The number of amides is 1. The van der Waals surface area contributed by atoms with E-state index in [4.69, 9.17) is 0 Å². The monoisotopic (exact) mass is 351 g/mol. The molecule has 128 valence electrons. The van der Waals surface area contributed by atoms with Crippen molar-refractivity contribution in [1.29, 1.82) is 0 Å². The van der Waals surface area contributed by atoms with E-state index in [1.807, 2.05) is 55.5 Å². The Morgan fingerprint density at radius 2 is 1.80 bits per heavy atom. The predicted octanol–water partition coefficient (Wildman–Crippen LogP) is 3.92. The Bertz CT molecular complexity index is 802. The quantitative estimate of drug-likeness (QED) is 0.635. The second-order valence-corrected chi connectivity index (χ2v) is 7.08. The fourth-order valence-electron chi connectivity index (χ4n) is 2.47. The zero-order valence-corrected chi connectivity index (χ0v) is 14.9. The third kappa shape index (κ3) is 4.97. The normalized spacial score (nSPS) is 11.9. The molecule has 1 unspecified atom stereocenters. The fraction of sp³-hybridized carbons (Fsp3) is 0.200. The number of hydrogen-bond acceptors (Lipinski definition) is 3. The first-order valence-electron chi connectivity index (χ1n) is 8.31. The first-order chi connectivity index (χ1) is 12.2. The highest BCUT2D eigenvalue weighted by Gasteiger charge is 2.16. The van der Waals surface area contributed by atoms with Gasteiger partial charge in [-0.1, -0.05) is 72.4 Å². The minimum atomic E-state index is -0.203. The molecule has 1 atom stereocenters. The number of H-pyrrole nitrogens is 1. The molecule has 0 aliphatic carbocycles. The highest BCUT2D eigenvalue weighted by molar-refractivity contribution is 8.00. The lowest BCUT2D eigenvalue weighted by molar-refractivity contribution is -0.120. The van der Waals surface area contributed by atoms with Gasteiger partial charge < -0.3 is 10.3 Å². The Labute approximate surface area is 152 Å². The maximum Gasteiger partial charge on any atom is 0.233 e. The topological polar surface area (TPSA) is 57.8 Å². The van der Waals surface area contributed by atoms with Crippen LogP contribution >= 0.6 is 11.8 Å². The number of nitrogens with one attached hydrogen (secondary N) is 2. The first-order valence-corrected chi connectivity index (χ1v) is 9.19. The number of carbonyl (C=O) groups is 1. The summed E-state index contributed by atoms with van der Waals surface area (Å²) < 4.78 is 0. The van der Waals surface area contributed by atoms with Crippen LogP contribution in [0, 0.1) is 0 Å². The van der Waals surface area contributed by atoms with Gasteiger partial charge >= 0.3 is 0 Å². The largest absolute Gasteiger partial charge is 0.355 e. The summed E-state index contributed by atoms with van der Waals surface area (Å²) in [4.78, 5) is 19.9. The van der Waals surface area contributed by atoms with Gasteiger partial charge in [0.2, 0.25) is 5.91 Å². The molecule has 4 nitrogen and oxygen atoms in total. The lowest BCUT2D eigenvalue weighted by atomic mass is 10.1. The van der Waals surface area contributed by atoms with E-state index < -0.39 is 0 Å². The molecular weight excluding hydrogens is 330 g/mol. The summed E-state index contributed by atoms with van der Waals surface area (Å²) in [5.41, 5.74) is 3.27. The van der Waals surface area contributed by atoms with Gasteiger partial charge in [0, 0.05) is 6.54 Å². The van der Waals surface area contributed by atoms with Crippen molar-refractivity contribution < 1.29 is 4.79 Å². The van der Waals surface area contributed by atoms with Gasteiger partial charge in [0.05, 0.1) is 17.1 Å². The van der Waals surface area contributed by atoms with Gasteiger partial charge in [-0.3, -0.25) is 4.79 Å². The van der Waals surface area contributed by atoms with E-state index in [1.165, 1.54) is 17.3 Å². The molecule has 2 N–H and O–H groups in total. The number of imidazole rings is 1.